The summed E-state index contributed by atoms with van der Waals surface area (Å²) in [5.74, 6) is -0.670. The van der Waals surface area contributed by atoms with E-state index >= 15 is 0 Å². The molecule has 0 radical (unpaired) electrons. The molecular formula is C29H31F3N4O5. The predicted octanol–water partition coefficient (Wildman–Crippen LogP) is 4.65. The van der Waals surface area contributed by atoms with Crippen LogP contribution in [0.1, 0.15) is 53.6 Å². The molecule has 3 N–H and O–H groups in total. The fraction of sp³-hybridized carbons (Fsp3) is 0.379. The molecule has 4 rings (SSSR count). The zero-order valence-corrected chi connectivity index (χ0v) is 22.4. The predicted molar refractivity (Wildman–Crippen MR) is 142 cm³/mol. The molecular weight excluding hydrogens is 541 g/mol. The van der Waals surface area contributed by atoms with Gasteiger partial charge in [-0.1, -0.05) is 25.0 Å². The van der Waals surface area contributed by atoms with E-state index in [9.17, 15) is 22.8 Å². The second kappa shape index (κ2) is 13.0. The van der Waals surface area contributed by atoms with Gasteiger partial charge in [-0.3, -0.25) is 9.59 Å². The minimum Gasteiger partial charge on any atom is -0.497 e. The van der Waals surface area contributed by atoms with Crippen molar-refractivity contribution in [3.8, 4) is 17.2 Å². The molecule has 3 aromatic rings. The van der Waals surface area contributed by atoms with Crippen LogP contribution in [-0.4, -0.2) is 46.1 Å². The Balaban J connectivity index is 1.40. The Labute approximate surface area is 235 Å². The third-order valence-electron chi connectivity index (χ3n) is 7.00. The molecule has 41 heavy (non-hydrogen) atoms. The summed E-state index contributed by atoms with van der Waals surface area (Å²) in [4.78, 5) is 33.8. The number of benzene rings is 2. The van der Waals surface area contributed by atoms with E-state index in [0.29, 0.717) is 24.8 Å². The first kappa shape index (κ1) is 29.8. The minimum atomic E-state index is -4.63. The van der Waals surface area contributed by atoms with Crippen molar-refractivity contribution in [3.63, 3.8) is 0 Å². The largest absolute Gasteiger partial charge is 0.497 e. The first-order valence-corrected chi connectivity index (χ1v) is 13.1. The monoisotopic (exact) mass is 572 g/mol. The molecule has 2 aromatic carbocycles. The number of nitrogens with one attached hydrogen (secondary N) is 2. The fourth-order valence-corrected chi connectivity index (χ4v) is 4.83. The number of aliphatic hydroxyl groups is 1. The Morgan fingerprint density at radius 2 is 1.73 bits per heavy atom. The van der Waals surface area contributed by atoms with E-state index in [2.05, 4.69) is 20.6 Å². The zero-order chi connectivity index (χ0) is 29.5. The van der Waals surface area contributed by atoms with Gasteiger partial charge in [0.25, 0.3) is 5.91 Å². The Morgan fingerprint density at radius 1 is 1.05 bits per heavy atom. The van der Waals surface area contributed by atoms with Gasteiger partial charge in [0.05, 0.1) is 12.7 Å². The van der Waals surface area contributed by atoms with Crippen LogP contribution in [0.2, 0.25) is 0 Å². The third kappa shape index (κ3) is 7.51. The van der Waals surface area contributed by atoms with Crippen LogP contribution >= 0.6 is 0 Å². The van der Waals surface area contributed by atoms with Crippen molar-refractivity contribution >= 4 is 11.8 Å². The fourth-order valence-electron chi connectivity index (χ4n) is 4.83. The van der Waals surface area contributed by atoms with Gasteiger partial charge in [-0.2, -0.15) is 13.2 Å². The minimum absolute atomic E-state index is 0.0600. The number of unbranched alkanes of at least 4 members (excludes halogenated alkanes) is 1. The Morgan fingerprint density at radius 3 is 2.37 bits per heavy atom. The molecule has 1 aromatic heterocycles. The summed E-state index contributed by atoms with van der Waals surface area (Å²) in [5.41, 5.74) is -1.13. The summed E-state index contributed by atoms with van der Waals surface area (Å²) in [7, 11) is 1.28. The topological polar surface area (TPSA) is 123 Å². The zero-order valence-electron chi connectivity index (χ0n) is 22.4. The standard InChI is InChI=1S/C29H31F3N4O5/c1-40-23-9-10-25(24(12-23)29(30,31)32)41-22-7-5-19(6-8-22)15-35-27(39)28(13-20(14-28)4-2-3-11-37)36-26(38)21-16-33-18-34-17-21/h5-10,12,16-18,20,37H,2-4,11,13-15H2,1H3,(H,35,39)(H,36,38). The number of ether oxygens (including phenoxy) is 2. The van der Waals surface area contributed by atoms with Crippen LogP contribution < -0.4 is 20.1 Å². The van der Waals surface area contributed by atoms with Gasteiger partial charge in [0.1, 0.15) is 34.7 Å². The number of hydrogen-bond donors (Lipinski definition) is 3. The number of carbonyl (C=O) groups is 2. The highest BCUT2D eigenvalue weighted by atomic mass is 19.4. The number of carbonyl (C=O) groups excluding carboxylic acids is 2. The van der Waals surface area contributed by atoms with Crippen LogP contribution in [0.3, 0.4) is 0 Å². The number of halogens is 3. The van der Waals surface area contributed by atoms with Crippen LogP contribution in [0.4, 0.5) is 13.2 Å². The van der Waals surface area contributed by atoms with E-state index in [0.717, 1.165) is 18.9 Å². The normalized spacial score (nSPS) is 18.2. The van der Waals surface area contributed by atoms with Crippen molar-refractivity contribution in [2.75, 3.05) is 13.7 Å². The molecule has 1 aliphatic rings. The molecule has 218 valence electrons. The number of amides is 2. The highest BCUT2D eigenvalue weighted by Gasteiger charge is 2.50. The molecule has 12 heteroatoms. The van der Waals surface area contributed by atoms with Gasteiger partial charge in [0, 0.05) is 25.5 Å². The molecule has 1 fully saturated rings. The SMILES string of the molecule is COc1ccc(Oc2ccc(CNC(=O)C3(NC(=O)c4cncnc4)CC(CCCCO)C3)cc2)c(C(F)(F)F)c1. The summed E-state index contributed by atoms with van der Waals surface area (Å²) in [6.45, 7) is 0.243. The molecule has 1 aliphatic carbocycles. The maximum Gasteiger partial charge on any atom is 0.420 e. The van der Waals surface area contributed by atoms with Gasteiger partial charge in [-0.05, 0) is 61.1 Å². The molecule has 0 bridgehead atoms. The average molecular weight is 573 g/mol. The smallest absolute Gasteiger partial charge is 0.420 e. The first-order valence-electron chi connectivity index (χ1n) is 13.1. The van der Waals surface area contributed by atoms with Crippen molar-refractivity contribution in [1.29, 1.82) is 0 Å². The van der Waals surface area contributed by atoms with Gasteiger partial charge in [0.2, 0.25) is 5.91 Å². The Hall–Kier alpha value is -4.19. The van der Waals surface area contributed by atoms with Gasteiger partial charge in [-0.15, -0.1) is 0 Å². The summed E-state index contributed by atoms with van der Waals surface area (Å²) >= 11 is 0. The number of nitrogens with zero attached hydrogens (tertiary/aromatic N) is 2. The van der Waals surface area contributed by atoms with E-state index in [-0.39, 0.29) is 47.8 Å². The number of hydrogen-bond acceptors (Lipinski definition) is 7. The number of aromatic nitrogens is 2. The molecule has 0 aliphatic heterocycles. The molecule has 0 atom stereocenters. The lowest BCUT2D eigenvalue weighted by Crippen LogP contribution is -2.65. The van der Waals surface area contributed by atoms with Crippen molar-refractivity contribution in [2.24, 2.45) is 5.92 Å². The second-order valence-corrected chi connectivity index (χ2v) is 9.95. The second-order valence-electron chi connectivity index (χ2n) is 9.95. The molecule has 2 amide bonds. The number of rotatable bonds is 12. The van der Waals surface area contributed by atoms with Gasteiger partial charge in [0.15, 0.2) is 0 Å². The van der Waals surface area contributed by atoms with E-state index in [1.165, 1.54) is 50.1 Å². The molecule has 9 nitrogen and oxygen atoms in total. The van der Waals surface area contributed by atoms with E-state index in [4.69, 9.17) is 14.6 Å². The van der Waals surface area contributed by atoms with E-state index < -0.39 is 23.2 Å². The molecule has 1 heterocycles. The van der Waals surface area contributed by atoms with Crippen LogP contribution in [0, 0.1) is 5.92 Å². The maximum absolute atomic E-state index is 13.5. The number of aliphatic hydroxyl groups excluding tert-OH is 1. The van der Waals surface area contributed by atoms with Gasteiger partial charge in [-0.25, -0.2) is 9.97 Å². The molecule has 1 saturated carbocycles. The summed E-state index contributed by atoms with van der Waals surface area (Å²) < 4.78 is 50.9. The maximum atomic E-state index is 13.5. The van der Waals surface area contributed by atoms with Crippen LogP contribution in [-0.2, 0) is 17.5 Å². The van der Waals surface area contributed by atoms with Crippen LogP contribution in [0.25, 0.3) is 0 Å². The van der Waals surface area contributed by atoms with Crippen molar-refractivity contribution in [1.82, 2.24) is 20.6 Å². The van der Waals surface area contributed by atoms with E-state index in [1.807, 2.05) is 0 Å². The lowest BCUT2D eigenvalue weighted by molar-refractivity contribution is -0.138. The van der Waals surface area contributed by atoms with Crippen molar-refractivity contribution < 1.29 is 37.3 Å². The quantitative estimate of drug-likeness (QED) is 0.270. The van der Waals surface area contributed by atoms with Gasteiger partial charge < -0.3 is 25.2 Å². The summed E-state index contributed by atoms with van der Waals surface area (Å²) in [5, 5.41) is 14.8. The third-order valence-corrected chi connectivity index (χ3v) is 7.00. The molecule has 0 spiro atoms. The van der Waals surface area contributed by atoms with Crippen LogP contribution in [0.5, 0.6) is 17.2 Å². The van der Waals surface area contributed by atoms with Crippen molar-refractivity contribution in [3.05, 3.63) is 77.9 Å². The van der Waals surface area contributed by atoms with E-state index in [1.54, 1.807) is 12.1 Å². The lowest BCUT2D eigenvalue weighted by atomic mass is 9.65. The van der Waals surface area contributed by atoms with Gasteiger partial charge >= 0.3 is 6.18 Å². The summed E-state index contributed by atoms with van der Waals surface area (Å²) in [6.07, 6.45) is 2.69. The Bertz CT molecular complexity index is 1330. The lowest BCUT2D eigenvalue weighted by Gasteiger charge is -2.46. The Kier molecular flexibility index (Phi) is 9.43. The van der Waals surface area contributed by atoms with Crippen LogP contribution in [0.15, 0.2) is 61.2 Å². The van der Waals surface area contributed by atoms with Crippen molar-refractivity contribution in [2.45, 2.75) is 50.4 Å². The highest BCUT2D eigenvalue weighted by molar-refractivity contribution is 5.99. The first-order chi connectivity index (χ1) is 19.6. The number of alkyl halides is 3. The highest BCUT2D eigenvalue weighted by Crippen LogP contribution is 2.42. The molecule has 0 unspecified atom stereocenters. The number of methoxy groups -OCH3 is 1. The summed E-state index contributed by atoms with van der Waals surface area (Å²) in [6, 6.07) is 9.75. The molecule has 0 saturated heterocycles. The average Bonchev–Trinajstić information content (AvgIpc) is 2.95.